The molecule has 0 radical (unpaired) electrons. The lowest BCUT2D eigenvalue weighted by atomic mass is 9.87. The molecule has 63 heavy (non-hydrogen) atoms. The van der Waals surface area contributed by atoms with Crippen LogP contribution in [-0.4, -0.2) is 0 Å². The summed E-state index contributed by atoms with van der Waals surface area (Å²) >= 11 is 0. The Bertz CT molecular complexity index is 3620. The van der Waals surface area contributed by atoms with Gasteiger partial charge in [-0.15, -0.1) is 0 Å². The minimum absolute atomic E-state index is 0.865. The summed E-state index contributed by atoms with van der Waals surface area (Å²) in [6.07, 6.45) is 0. The van der Waals surface area contributed by atoms with Crippen LogP contribution in [0.2, 0.25) is 0 Å². The van der Waals surface area contributed by atoms with Crippen LogP contribution in [0.25, 0.3) is 99.5 Å². The van der Waals surface area contributed by atoms with Gasteiger partial charge in [0.05, 0.1) is 5.69 Å². The highest BCUT2D eigenvalue weighted by Gasteiger charge is 2.24. The molecule has 0 spiro atoms. The molecule has 0 saturated carbocycles. The summed E-state index contributed by atoms with van der Waals surface area (Å²) in [7, 11) is 0. The van der Waals surface area contributed by atoms with Gasteiger partial charge in [-0.25, -0.2) is 0 Å². The van der Waals surface area contributed by atoms with E-state index in [1.807, 2.05) is 24.3 Å². The van der Waals surface area contributed by atoms with Gasteiger partial charge in [0.2, 0.25) is 0 Å². The van der Waals surface area contributed by atoms with Gasteiger partial charge in [0.25, 0.3) is 0 Å². The molecule has 12 aromatic rings. The number of nitrogens with zero attached hydrogens (tertiary/aromatic N) is 1. The quantitative estimate of drug-likeness (QED) is 0.153. The molecule has 0 unspecified atom stereocenters. The SMILES string of the molecule is c1ccc(-c2cccc(N(c3ccc(-c4cccc5c4oc4ccccc45)cc3)c3cccc(-c4ccc5c(c4)oc4ccccc45)c3-c3ccccc3-c3ccccc3)c2)cc1. The molecule has 0 aliphatic carbocycles. The molecule has 296 valence electrons. The zero-order chi connectivity index (χ0) is 41.7. The number of hydrogen-bond donors (Lipinski definition) is 0. The lowest BCUT2D eigenvalue weighted by Crippen LogP contribution is -2.12. The van der Waals surface area contributed by atoms with E-state index in [0.717, 1.165) is 117 Å². The van der Waals surface area contributed by atoms with Crippen LogP contribution in [0, 0.1) is 0 Å². The van der Waals surface area contributed by atoms with Crippen LogP contribution in [0.5, 0.6) is 0 Å². The van der Waals surface area contributed by atoms with Crippen molar-refractivity contribution in [1.29, 1.82) is 0 Å². The summed E-state index contributed by atoms with van der Waals surface area (Å²) in [5.41, 5.74) is 17.9. The molecule has 3 heteroatoms. The topological polar surface area (TPSA) is 29.5 Å². The highest BCUT2D eigenvalue weighted by Crippen LogP contribution is 2.49. The molecule has 0 aliphatic heterocycles. The van der Waals surface area contributed by atoms with Crippen LogP contribution in [0.15, 0.2) is 245 Å². The van der Waals surface area contributed by atoms with Crippen LogP contribution >= 0.6 is 0 Å². The molecule has 3 nitrogen and oxygen atoms in total. The Morgan fingerprint density at radius 2 is 0.810 bits per heavy atom. The Hall–Kier alpha value is -8.40. The molecule has 0 N–H and O–H groups in total. The smallest absolute Gasteiger partial charge is 0.143 e. The Balaban J connectivity index is 1.10. The average molecular weight is 806 g/mol. The van der Waals surface area contributed by atoms with E-state index in [1.54, 1.807) is 0 Å². The number of furan rings is 2. The molecule has 2 aromatic heterocycles. The average Bonchev–Trinajstić information content (AvgIpc) is 3.93. The molecule has 0 bridgehead atoms. The zero-order valence-electron chi connectivity index (χ0n) is 34.3. The molecule has 0 saturated heterocycles. The van der Waals surface area contributed by atoms with Crippen molar-refractivity contribution in [1.82, 2.24) is 0 Å². The van der Waals surface area contributed by atoms with Crippen molar-refractivity contribution < 1.29 is 8.83 Å². The fourth-order valence-electron chi connectivity index (χ4n) is 9.36. The third kappa shape index (κ3) is 6.38. The van der Waals surface area contributed by atoms with Crippen molar-refractivity contribution >= 4 is 60.9 Å². The Morgan fingerprint density at radius 3 is 1.60 bits per heavy atom. The predicted molar refractivity (Wildman–Crippen MR) is 263 cm³/mol. The first kappa shape index (κ1) is 36.5. The second-order valence-electron chi connectivity index (χ2n) is 16.0. The normalized spacial score (nSPS) is 11.5. The molecule has 0 atom stereocenters. The summed E-state index contributed by atoms with van der Waals surface area (Å²) in [6, 6.07) is 84.2. The zero-order valence-corrected chi connectivity index (χ0v) is 34.3. The van der Waals surface area contributed by atoms with Gasteiger partial charge in [0, 0.05) is 44.0 Å². The number of hydrogen-bond acceptors (Lipinski definition) is 3. The van der Waals surface area contributed by atoms with Crippen molar-refractivity contribution in [2.24, 2.45) is 0 Å². The standard InChI is InChI=1S/C60H39NO2/c1-3-16-40(17-4-1)43-20-13-21-46(38-43)61(45-35-32-42(33-36-45)49-27-14-28-54-51-24-10-12-31-57(51)63-60(49)54)55-29-15-26-48(44-34-37-52-50-23-9-11-30-56(50)62-58(52)39-44)59(55)53-25-8-7-22-47(53)41-18-5-2-6-19-41/h1-39H. The van der Waals surface area contributed by atoms with Crippen LogP contribution < -0.4 is 4.90 Å². The summed E-state index contributed by atoms with van der Waals surface area (Å²) < 4.78 is 13.0. The van der Waals surface area contributed by atoms with E-state index in [9.17, 15) is 0 Å². The number of anilines is 3. The van der Waals surface area contributed by atoms with Crippen molar-refractivity contribution in [3.63, 3.8) is 0 Å². The van der Waals surface area contributed by atoms with Gasteiger partial charge in [-0.2, -0.15) is 0 Å². The number of fused-ring (bicyclic) bond motifs is 6. The Kier molecular flexibility index (Phi) is 8.83. The highest BCUT2D eigenvalue weighted by molar-refractivity contribution is 6.10. The Labute approximate surface area is 365 Å². The molecule has 0 fully saturated rings. The van der Waals surface area contributed by atoms with Crippen LogP contribution in [0.4, 0.5) is 17.1 Å². The third-order valence-electron chi connectivity index (χ3n) is 12.3. The minimum Gasteiger partial charge on any atom is -0.456 e. The summed E-state index contributed by atoms with van der Waals surface area (Å²) in [6.45, 7) is 0. The lowest BCUT2D eigenvalue weighted by molar-refractivity contribution is 0.669. The first-order valence-corrected chi connectivity index (χ1v) is 21.4. The van der Waals surface area contributed by atoms with Gasteiger partial charge in [-0.3, -0.25) is 0 Å². The van der Waals surface area contributed by atoms with Crippen LogP contribution in [-0.2, 0) is 0 Å². The largest absolute Gasteiger partial charge is 0.456 e. The van der Waals surface area contributed by atoms with E-state index >= 15 is 0 Å². The maximum Gasteiger partial charge on any atom is 0.143 e. The van der Waals surface area contributed by atoms with E-state index in [4.69, 9.17) is 8.83 Å². The maximum atomic E-state index is 6.50. The van der Waals surface area contributed by atoms with E-state index in [2.05, 4.69) is 217 Å². The Morgan fingerprint density at radius 1 is 0.270 bits per heavy atom. The van der Waals surface area contributed by atoms with E-state index < -0.39 is 0 Å². The van der Waals surface area contributed by atoms with Gasteiger partial charge < -0.3 is 13.7 Å². The number of para-hydroxylation sites is 3. The molecule has 12 rings (SSSR count). The summed E-state index contributed by atoms with van der Waals surface area (Å²) in [4.78, 5) is 2.41. The molecule has 10 aromatic carbocycles. The monoisotopic (exact) mass is 805 g/mol. The summed E-state index contributed by atoms with van der Waals surface area (Å²) in [5.74, 6) is 0. The second-order valence-corrected chi connectivity index (χ2v) is 16.0. The van der Waals surface area contributed by atoms with Gasteiger partial charge >= 0.3 is 0 Å². The van der Waals surface area contributed by atoms with E-state index in [0.29, 0.717) is 0 Å². The van der Waals surface area contributed by atoms with E-state index in [-0.39, 0.29) is 0 Å². The maximum absolute atomic E-state index is 6.50. The van der Waals surface area contributed by atoms with Gasteiger partial charge in [-0.1, -0.05) is 182 Å². The molecular weight excluding hydrogens is 767 g/mol. The number of rotatable bonds is 8. The number of benzene rings is 10. The van der Waals surface area contributed by atoms with Crippen molar-refractivity contribution in [2.75, 3.05) is 4.90 Å². The van der Waals surface area contributed by atoms with Crippen molar-refractivity contribution in [2.45, 2.75) is 0 Å². The fourth-order valence-corrected chi connectivity index (χ4v) is 9.36. The molecule has 0 amide bonds. The molecular formula is C60H39NO2. The lowest BCUT2D eigenvalue weighted by Gasteiger charge is -2.30. The van der Waals surface area contributed by atoms with Gasteiger partial charge in [0.1, 0.15) is 22.3 Å². The predicted octanol–water partition coefficient (Wildman–Crippen LogP) is 17.3. The first-order valence-electron chi connectivity index (χ1n) is 21.4. The first-order chi connectivity index (χ1) is 31.2. The van der Waals surface area contributed by atoms with Crippen LogP contribution in [0.1, 0.15) is 0 Å². The van der Waals surface area contributed by atoms with Gasteiger partial charge in [-0.05, 0) is 99.1 Å². The van der Waals surface area contributed by atoms with E-state index in [1.165, 1.54) is 0 Å². The molecule has 2 heterocycles. The van der Waals surface area contributed by atoms with Crippen LogP contribution in [0.3, 0.4) is 0 Å². The molecule has 0 aliphatic rings. The summed E-state index contributed by atoms with van der Waals surface area (Å²) in [5, 5.41) is 4.46. The minimum atomic E-state index is 0.865. The van der Waals surface area contributed by atoms with Crippen molar-refractivity contribution in [3.05, 3.63) is 237 Å². The van der Waals surface area contributed by atoms with Crippen molar-refractivity contribution in [3.8, 4) is 55.6 Å². The fraction of sp³-hybridized carbons (Fsp3) is 0. The van der Waals surface area contributed by atoms with Gasteiger partial charge in [0.15, 0.2) is 0 Å². The third-order valence-corrected chi connectivity index (χ3v) is 12.3. The second kappa shape index (κ2) is 15.3. The highest BCUT2D eigenvalue weighted by atomic mass is 16.3.